The van der Waals surface area contributed by atoms with E-state index in [0.717, 1.165) is 10.6 Å². The Morgan fingerprint density at radius 3 is 2.69 bits per heavy atom. The van der Waals surface area contributed by atoms with Crippen LogP contribution in [0.3, 0.4) is 0 Å². The fourth-order valence-corrected chi connectivity index (χ4v) is 2.76. The number of aryl methyl sites for hydroxylation is 1. The third kappa shape index (κ3) is 2.29. The Hall–Kier alpha value is -0.830. The first-order valence-electron chi connectivity index (χ1n) is 5.19. The number of thiophene rings is 1. The predicted molar refractivity (Wildman–Crippen MR) is 71.4 cm³/mol. The molecule has 0 spiro atoms. The van der Waals surface area contributed by atoms with Gasteiger partial charge in [0.1, 0.15) is 0 Å². The van der Waals surface area contributed by atoms with E-state index in [4.69, 9.17) is 11.6 Å². The van der Waals surface area contributed by atoms with Crippen molar-refractivity contribution in [2.24, 2.45) is 0 Å². The summed E-state index contributed by atoms with van der Waals surface area (Å²) in [6, 6.07) is 10.7. The largest absolute Gasteiger partial charge is 0.309 e. The van der Waals surface area contributed by atoms with E-state index in [1.807, 2.05) is 20.0 Å². The monoisotopic (exact) mass is 251 g/mol. The molecule has 0 aliphatic heterocycles. The molecule has 1 aromatic heterocycles. The van der Waals surface area contributed by atoms with Crippen molar-refractivity contribution in [3.63, 3.8) is 0 Å². The molecule has 1 N–H and O–H groups in total. The minimum Gasteiger partial charge on any atom is -0.309 e. The van der Waals surface area contributed by atoms with Crippen LogP contribution in [0.5, 0.6) is 0 Å². The third-order valence-corrected chi connectivity index (χ3v) is 3.99. The second kappa shape index (κ2) is 5.00. The Bertz CT molecular complexity index is 465. The molecule has 1 aromatic carbocycles. The molecule has 0 aliphatic rings. The first-order chi connectivity index (χ1) is 7.72. The van der Waals surface area contributed by atoms with E-state index in [0.29, 0.717) is 0 Å². The zero-order chi connectivity index (χ0) is 11.5. The summed E-state index contributed by atoms with van der Waals surface area (Å²) in [6.07, 6.45) is 0. The molecule has 1 unspecified atom stereocenters. The molecule has 84 valence electrons. The van der Waals surface area contributed by atoms with Gasteiger partial charge in [-0.1, -0.05) is 29.8 Å². The third-order valence-electron chi connectivity index (χ3n) is 2.63. The van der Waals surface area contributed by atoms with Gasteiger partial charge in [-0.25, -0.2) is 0 Å². The number of nitrogens with one attached hydrogen (secondary N) is 1. The van der Waals surface area contributed by atoms with Crippen LogP contribution in [0.1, 0.15) is 22.0 Å². The van der Waals surface area contributed by atoms with Crippen molar-refractivity contribution in [3.05, 3.63) is 56.7 Å². The number of hydrogen-bond acceptors (Lipinski definition) is 2. The standard InChI is InChI=1S/C13H14ClNS/c1-9-8-10(5-6-11(9)14)13(15-2)12-4-3-7-16-12/h3-8,13,15H,1-2H3. The molecule has 0 radical (unpaired) electrons. The van der Waals surface area contributed by atoms with Crippen LogP contribution in [0.4, 0.5) is 0 Å². The number of benzene rings is 1. The molecule has 0 fully saturated rings. The van der Waals surface area contributed by atoms with Crippen LogP contribution in [0, 0.1) is 6.92 Å². The number of rotatable bonds is 3. The van der Waals surface area contributed by atoms with Gasteiger partial charge in [-0.3, -0.25) is 0 Å². The Morgan fingerprint density at radius 1 is 1.31 bits per heavy atom. The van der Waals surface area contributed by atoms with Crippen LogP contribution in [0.25, 0.3) is 0 Å². The fraction of sp³-hybridized carbons (Fsp3) is 0.231. The van der Waals surface area contributed by atoms with Crippen molar-refractivity contribution in [1.82, 2.24) is 5.32 Å². The summed E-state index contributed by atoms with van der Waals surface area (Å²) in [5, 5.41) is 6.26. The maximum absolute atomic E-state index is 6.04. The molecular formula is C13H14ClNS. The molecular weight excluding hydrogens is 238 g/mol. The van der Waals surface area contributed by atoms with Crippen LogP contribution in [-0.2, 0) is 0 Å². The highest BCUT2D eigenvalue weighted by molar-refractivity contribution is 7.10. The highest BCUT2D eigenvalue weighted by Gasteiger charge is 2.13. The Kier molecular flexibility index (Phi) is 3.64. The summed E-state index contributed by atoms with van der Waals surface area (Å²) in [5.41, 5.74) is 2.38. The van der Waals surface area contributed by atoms with Crippen molar-refractivity contribution < 1.29 is 0 Å². The van der Waals surface area contributed by atoms with Crippen molar-refractivity contribution in [2.75, 3.05) is 7.05 Å². The molecule has 0 bridgehead atoms. The number of hydrogen-bond donors (Lipinski definition) is 1. The molecule has 0 amide bonds. The average molecular weight is 252 g/mol. The van der Waals surface area contributed by atoms with E-state index in [9.17, 15) is 0 Å². The summed E-state index contributed by atoms with van der Waals surface area (Å²) in [4.78, 5) is 1.32. The van der Waals surface area contributed by atoms with Crippen molar-refractivity contribution >= 4 is 22.9 Å². The van der Waals surface area contributed by atoms with E-state index in [-0.39, 0.29) is 6.04 Å². The van der Waals surface area contributed by atoms with Crippen molar-refractivity contribution in [2.45, 2.75) is 13.0 Å². The molecule has 0 saturated carbocycles. The summed E-state index contributed by atoms with van der Waals surface area (Å²) in [7, 11) is 1.98. The SMILES string of the molecule is CNC(c1ccc(Cl)c(C)c1)c1cccs1. The lowest BCUT2D eigenvalue weighted by molar-refractivity contribution is 0.703. The van der Waals surface area contributed by atoms with Gasteiger partial charge in [0.25, 0.3) is 0 Å². The lowest BCUT2D eigenvalue weighted by atomic mass is 10.0. The summed E-state index contributed by atoms with van der Waals surface area (Å²) in [5.74, 6) is 0. The van der Waals surface area contributed by atoms with Gasteiger partial charge in [-0.15, -0.1) is 11.3 Å². The maximum Gasteiger partial charge on any atom is 0.0668 e. The van der Waals surface area contributed by atoms with Gasteiger partial charge in [-0.2, -0.15) is 0 Å². The highest BCUT2D eigenvalue weighted by Crippen LogP contribution is 2.28. The van der Waals surface area contributed by atoms with Crippen LogP contribution in [-0.4, -0.2) is 7.05 Å². The Labute approximate surface area is 105 Å². The molecule has 3 heteroatoms. The molecule has 0 aliphatic carbocycles. The van der Waals surface area contributed by atoms with Gasteiger partial charge in [-0.05, 0) is 42.6 Å². The van der Waals surface area contributed by atoms with Gasteiger partial charge in [0.05, 0.1) is 6.04 Å². The smallest absolute Gasteiger partial charge is 0.0668 e. The van der Waals surface area contributed by atoms with Crippen molar-refractivity contribution in [1.29, 1.82) is 0 Å². The zero-order valence-electron chi connectivity index (χ0n) is 9.33. The fourth-order valence-electron chi connectivity index (χ4n) is 1.78. The topological polar surface area (TPSA) is 12.0 Å². The predicted octanol–water partition coefficient (Wildman–Crippen LogP) is 4.02. The van der Waals surface area contributed by atoms with E-state index in [1.165, 1.54) is 10.4 Å². The molecule has 2 rings (SSSR count). The minimum absolute atomic E-state index is 0.260. The summed E-state index contributed by atoms with van der Waals surface area (Å²) >= 11 is 7.80. The van der Waals surface area contributed by atoms with Crippen LogP contribution < -0.4 is 5.32 Å². The van der Waals surface area contributed by atoms with Crippen LogP contribution in [0.15, 0.2) is 35.7 Å². The quantitative estimate of drug-likeness (QED) is 0.869. The minimum atomic E-state index is 0.260. The summed E-state index contributed by atoms with van der Waals surface area (Å²) in [6.45, 7) is 2.03. The van der Waals surface area contributed by atoms with Gasteiger partial charge < -0.3 is 5.32 Å². The highest BCUT2D eigenvalue weighted by atomic mass is 35.5. The van der Waals surface area contributed by atoms with E-state index in [1.54, 1.807) is 11.3 Å². The lowest BCUT2D eigenvalue weighted by Gasteiger charge is -2.16. The van der Waals surface area contributed by atoms with Gasteiger partial charge in [0.15, 0.2) is 0 Å². The van der Waals surface area contributed by atoms with E-state index >= 15 is 0 Å². The molecule has 1 atom stereocenters. The second-order valence-electron chi connectivity index (χ2n) is 3.75. The van der Waals surface area contributed by atoms with Crippen LogP contribution in [0.2, 0.25) is 5.02 Å². The van der Waals surface area contributed by atoms with E-state index < -0.39 is 0 Å². The lowest BCUT2D eigenvalue weighted by Crippen LogP contribution is -2.16. The zero-order valence-corrected chi connectivity index (χ0v) is 10.9. The van der Waals surface area contributed by atoms with Crippen molar-refractivity contribution in [3.8, 4) is 0 Å². The summed E-state index contributed by atoms with van der Waals surface area (Å²) < 4.78 is 0. The molecule has 16 heavy (non-hydrogen) atoms. The average Bonchev–Trinajstić information content (AvgIpc) is 2.78. The van der Waals surface area contributed by atoms with Gasteiger partial charge in [0, 0.05) is 9.90 Å². The first-order valence-corrected chi connectivity index (χ1v) is 6.45. The van der Waals surface area contributed by atoms with Crippen LogP contribution >= 0.6 is 22.9 Å². The molecule has 1 nitrogen and oxygen atoms in total. The number of halogens is 1. The maximum atomic E-state index is 6.04. The van der Waals surface area contributed by atoms with E-state index in [2.05, 4.69) is 35.0 Å². The molecule has 2 aromatic rings. The first kappa shape index (κ1) is 11.6. The van der Waals surface area contributed by atoms with Gasteiger partial charge >= 0.3 is 0 Å². The Morgan fingerprint density at radius 2 is 2.12 bits per heavy atom. The Balaban J connectivity index is 2.37. The molecule has 0 saturated heterocycles. The normalized spacial score (nSPS) is 12.7. The van der Waals surface area contributed by atoms with Gasteiger partial charge in [0.2, 0.25) is 0 Å². The second-order valence-corrected chi connectivity index (χ2v) is 5.13. The molecule has 1 heterocycles.